The summed E-state index contributed by atoms with van der Waals surface area (Å²) in [5, 5.41) is 16.4. The molecule has 1 heterocycles. The molecule has 1 amide bonds. The SMILES string of the molecule is Cc1nn(C)c(C(=O)NCC(O)C2CC2)c1N. The first kappa shape index (κ1) is 11.9. The fraction of sp³-hybridized carbons (Fsp3) is 0.636. The Kier molecular flexibility index (Phi) is 3.06. The monoisotopic (exact) mass is 238 g/mol. The summed E-state index contributed by atoms with van der Waals surface area (Å²) in [7, 11) is 1.68. The summed E-state index contributed by atoms with van der Waals surface area (Å²) in [6.07, 6.45) is 1.64. The number of nitrogens with zero attached hydrogens (tertiary/aromatic N) is 2. The van der Waals surface area contributed by atoms with E-state index < -0.39 is 6.10 Å². The zero-order valence-electron chi connectivity index (χ0n) is 10.1. The van der Waals surface area contributed by atoms with E-state index in [4.69, 9.17) is 5.73 Å². The molecule has 2 rings (SSSR count). The van der Waals surface area contributed by atoms with Crippen LogP contribution in [0.1, 0.15) is 29.0 Å². The molecule has 1 aromatic rings. The first-order valence-electron chi connectivity index (χ1n) is 5.76. The van der Waals surface area contributed by atoms with Gasteiger partial charge in [0.15, 0.2) is 0 Å². The van der Waals surface area contributed by atoms with E-state index in [1.807, 2.05) is 0 Å². The third-order valence-electron chi connectivity index (χ3n) is 3.12. The van der Waals surface area contributed by atoms with Gasteiger partial charge in [0.25, 0.3) is 5.91 Å². The third kappa shape index (κ3) is 2.41. The minimum Gasteiger partial charge on any atom is -0.395 e. The number of hydrogen-bond acceptors (Lipinski definition) is 4. The maximum atomic E-state index is 11.9. The molecule has 6 nitrogen and oxygen atoms in total. The Morgan fingerprint density at radius 2 is 2.35 bits per heavy atom. The largest absolute Gasteiger partial charge is 0.395 e. The van der Waals surface area contributed by atoms with E-state index >= 15 is 0 Å². The van der Waals surface area contributed by atoms with Gasteiger partial charge in [0.05, 0.1) is 17.5 Å². The number of nitrogens with two attached hydrogens (primary N) is 1. The topological polar surface area (TPSA) is 93.2 Å². The average molecular weight is 238 g/mol. The van der Waals surface area contributed by atoms with Crippen LogP contribution in [0.25, 0.3) is 0 Å². The van der Waals surface area contributed by atoms with Crippen molar-refractivity contribution in [3.05, 3.63) is 11.4 Å². The molecule has 1 saturated carbocycles. The van der Waals surface area contributed by atoms with Gasteiger partial charge in [0, 0.05) is 13.6 Å². The molecule has 1 aliphatic carbocycles. The molecule has 1 unspecified atom stereocenters. The van der Waals surface area contributed by atoms with Gasteiger partial charge in [0.2, 0.25) is 0 Å². The summed E-state index contributed by atoms with van der Waals surface area (Å²) in [4.78, 5) is 11.9. The van der Waals surface area contributed by atoms with Gasteiger partial charge in [-0.25, -0.2) is 0 Å². The van der Waals surface area contributed by atoms with Crippen molar-refractivity contribution in [2.45, 2.75) is 25.9 Å². The van der Waals surface area contributed by atoms with Crippen molar-refractivity contribution in [2.75, 3.05) is 12.3 Å². The van der Waals surface area contributed by atoms with E-state index in [0.29, 0.717) is 23.0 Å². The Labute approximate surface area is 99.8 Å². The lowest BCUT2D eigenvalue weighted by Crippen LogP contribution is -2.34. The summed E-state index contributed by atoms with van der Waals surface area (Å²) in [5.41, 5.74) is 7.16. The quantitative estimate of drug-likeness (QED) is 0.678. The molecule has 0 aromatic carbocycles. The molecule has 94 valence electrons. The number of hydrogen-bond donors (Lipinski definition) is 3. The van der Waals surface area contributed by atoms with E-state index in [-0.39, 0.29) is 12.5 Å². The van der Waals surface area contributed by atoms with Crippen LogP contribution in [0.3, 0.4) is 0 Å². The molecule has 0 aliphatic heterocycles. The minimum absolute atomic E-state index is 0.271. The first-order chi connectivity index (χ1) is 8.00. The zero-order valence-corrected chi connectivity index (χ0v) is 10.1. The Bertz CT molecular complexity index is 437. The molecule has 4 N–H and O–H groups in total. The summed E-state index contributed by atoms with van der Waals surface area (Å²) < 4.78 is 1.46. The van der Waals surface area contributed by atoms with E-state index in [1.54, 1.807) is 14.0 Å². The average Bonchev–Trinajstić information content (AvgIpc) is 3.06. The summed E-state index contributed by atoms with van der Waals surface area (Å²) >= 11 is 0. The predicted octanol–water partition coefficient (Wildman–Crippen LogP) is -0.189. The van der Waals surface area contributed by atoms with Crippen molar-refractivity contribution in [1.82, 2.24) is 15.1 Å². The number of aliphatic hydroxyl groups excluding tert-OH is 1. The Morgan fingerprint density at radius 1 is 1.71 bits per heavy atom. The highest BCUT2D eigenvalue weighted by atomic mass is 16.3. The molecule has 1 aromatic heterocycles. The van der Waals surface area contributed by atoms with Gasteiger partial charge < -0.3 is 16.2 Å². The number of amides is 1. The number of rotatable bonds is 4. The standard InChI is InChI=1S/C11H18N4O2/c1-6-9(12)10(15(2)14-6)11(17)13-5-8(16)7-3-4-7/h7-8,16H,3-5,12H2,1-2H3,(H,13,17). The van der Waals surface area contributed by atoms with E-state index in [1.165, 1.54) is 4.68 Å². The van der Waals surface area contributed by atoms with Gasteiger partial charge >= 0.3 is 0 Å². The van der Waals surface area contributed by atoms with Crippen LogP contribution in [0.5, 0.6) is 0 Å². The molecular weight excluding hydrogens is 220 g/mol. The van der Waals surface area contributed by atoms with E-state index in [0.717, 1.165) is 12.8 Å². The molecule has 6 heteroatoms. The number of carbonyl (C=O) groups excluding carboxylic acids is 1. The van der Waals surface area contributed by atoms with Gasteiger partial charge in [-0.1, -0.05) is 0 Å². The molecule has 0 bridgehead atoms. The number of aliphatic hydroxyl groups is 1. The lowest BCUT2D eigenvalue weighted by molar-refractivity contribution is 0.0893. The van der Waals surface area contributed by atoms with E-state index in [2.05, 4.69) is 10.4 Å². The van der Waals surface area contributed by atoms with Crippen LogP contribution in [0.15, 0.2) is 0 Å². The highest BCUT2D eigenvalue weighted by Crippen LogP contribution is 2.32. The molecule has 1 atom stereocenters. The van der Waals surface area contributed by atoms with Gasteiger partial charge in [-0.15, -0.1) is 0 Å². The van der Waals surface area contributed by atoms with Crippen molar-refractivity contribution < 1.29 is 9.90 Å². The number of carbonyl (C=O) groups is 1. The molecule has 0 spiro atoms. The van der Waals surface area contributed by atoms with Gasteiger partial charge in [-0.05, 0) is 25.7 Å². The second-order valence-electron chi connectivity index (χ2n) is 4.59. The fourth-order valence-electron chi connectivity index (χ4n) is 1.87. The van der Waals surface area contributed by atoms with Crippen LogP contribution < -0.4 is 11.1 Å². The number of aromatic nitrogens is 2. The minimum atomic E-state index is -0.450. The Hall–Kier alpha value is -1.56. The number of nitrogen functional groups attached to an aromatic ring is 1. The van der Waals surface area contributed by atoms with Gasteiger partial charge in [-0.3, -0.25) is 9.48 Å². The molecule has 17 heavy (non-hydrogen) atoms. The third-order valence-corrected chi connectivity index (χ3v) is 3.12. The lowest BCUT2D eigenvalue weighted by atomic mass is 10.2. The van der Waals surface area contributed by atoms with Crippen LogP contribution in [0.2, 0.25) is 0 Å². The second-order valence-corrected chi connectivity index (χ2v) is 4.59. The predicted molar refractivity (Wildman–Crippen MR) is 63.4 cm³/mol. The Balaban J connectivity index is 1.99. The van der Waals surface area contributed by atoms with Crippen LogP contribution >= 0.6 is 0 Å². The van der Waals surface area contributed by atoms with Gasteiger partial charge in [0.1, 0.15) is 5.69 Å². The van der Waals surface area contributed by atoms with Crippen LogP contribution in [-0.4, -0.2) is 33.4 Å². The van der Waals surface area contributed by atoms with Crippen molar-refractivity contribution >= 4 is 11.6 Å². The van der Waals surface area contributed by atoms with Crippen LogP contribution in [-0.2, 0) is 7.05 Å². The molecular formula is C11H18N4O2. The van der Waals surface area contributed by atoms with E-state index in [9.17, 15) is 9.90 Å². The summed E-state index contributed by atoms with van der Waals surface area (Å²) in [5.74, 6) is 0.0613. The summed E-state index contributed by atoms with van der Waals surface area (Å²) in [6, 6.07) is 0. The van der Waals surface area contributed by atoms with Crippen LogP contribution in [0, 0.1) is 12.8 Å². The number of aryl methyl sites for hydroxylation is 2. The first-order valence-corrected chi connectivity index (χ1v) is 5.76. The van der Waals surface area contributed by atoms with Gasteiger partial charge in [-0.2, -0.15) is 5.10 Å². The van der Waals surface area contributed by atoms with Crippen molar-refractivity contribution in [3.63, 3.8) is 0 Å². The second kappa shape index (κ2) is 4.37. The van der Waals surface area contributed by atoms with Crippen molar-refractivity contribution in [1.29, 1.82) is 0 Å². The Morgan fingerprint density at radius 3 is 2.82 bits per heavy atom. The summed E-state index contributed by atoms with van der Waals surface area (Å²) in [6.45, 7) is 2.03. The molecule has 1 fully saturated rings. The smallest absolute Gasteiger partial charge is 0.271 e. The van der Waals surface area contributed by atoms with Crippen molar-refractivity contribution in [3.8, 4) is 0 Å². The highest BCUT2D eigenvalue weighted by molar-refractivity contribution is 5.97. The number of anilines is 1. The fourth-order valence-corrected chi connectivity index (χ4v) is 1.87. The lowest BCUT2D eigenvalue weighted by Gasteiger charge is -2.11. The van der Waals surface area contributed by atoms with Crippen molar-refractivity contribution in [2.24, 2.45) is 13.0 Å². The molecule has 0 saturated heterocycles. The highest BCUT2D eigenvalue weighted by Gasteiger charge is 2.30. The zero-order chi connectivity index (χ0) is 12.6. The normalized spacial score (nSPS) is 16.9. The number of nitrogens with one attached hydrogen (secondary N) is 1. The maximum Gasteiger partial charge on any atom is 0.271 e. The molecule has 0 radical (unpaired) electrons. The molecule has 1 aliphatic rings. The van der Waals surface area contributed by atoms with Crippen LogP contribution in [0.4, 0.5) is 5.69 Å². The maximum absolute atomic E-state index is 11.9.